The number of nitrogens with zero attached hydrogens (tertiary/aromatic N) is 2. The van der Waals surface area contributed by atoms with E-state index in [4.69, 9.17) is 23.2 Å². The van der Waals surface area contributed by atoms with Crippen LogP contribution in [-0.2, 0) is 0 Å². The van der Waals surface area contributed by atoms with Crippen LogP contribution < -0.4 is 21.3 Å². The van der Waals surface area contributed by atoms with Crippen molar-refractivity contribution in [2.45, 2.75) is 0 Å². The fourth-order valence-electron chi connectivity index (χ4n) is 4.45. The van der Waals surface area contributed by atoms with Gasteiger partial charge in [0, 0.05) is 57.9 Å². The van der Waals surface area contributed by atoms with Crippen LogP contribution in [0.4, 0.5) is 34.1 Å². The van der Waals surface area contributed by atoms with Gasteiger partial charge in [-0.1, -0.05) is 29.3 Å². The average molecular weight is 713 g/mol. The summed E-state index contributed by atoms with van der Waals surface area (Å²) in [5.74, 6) is -2.19. The molecule has 0 aliphatic carbocycles. The van der Waals surface area contributed by atoms with Crippen LogP contribution in [0.3, 0.4) is 0 Å². The SMILES string of the molecule is O=C(Nc1ccc(NC(=O)c2cccc(C(=O)Nc3ccc(NC(=O)c4ccc([N+](=O)[O-])cc4)cc3Cl)c2)c(Cl)c1)c1ccc([N+](=O)[O-])cc1. The van der Waals surface area contributed by atoms with Crippen LogP contribution in [-0.4, -0.2) is 33.5 Å². The summed E-state index contributed by atoms with van der Waals surface area (Å²) in [7, 11) is 0. The molecule has 0 spiro atoms. The number of nitro groups is 2. The highest BCUT2D eigenvalue weighted by Crippen LogP contribution is 2.28. The number of amides is 4. The molecule has 0 heterocycles. The lowest BCUT2D eigenvalue weighted by atomic mass is 10.1. The Morgan fingerprint density at radius 1 is 0.460 bits per heavy atom. The molecule has 14 nitrogen and oxygen atoms in total. The number of rotatable bonds is 10. The molecule has 0 aliphatic heterocycles. The smallest absolute Gasteiger partial charge is 0.269 e. The minimum absolute atomic E-state index is 0.107. The zero-order chi connectivity index (χ0) is 35.9. The molecule has 4 N–H and O–H groups in total. The molecular formula is C34H22Cl2N6O8. The van der Waals surface area contributed by atoms with E-state index in [0.29, 0.717) is 11.4 Å². The van der Waals surface area contributed by atoms with Crippen LogP contribution in [0.5, 0.6) is 0 Å². The first-order chi connectivity index (χ1) is 23.9. The lowest BCUT2D eigenvalue weighted by molar-refractivity contribution is -0.385. The number of halogens is 2. The highest BCUT2D eigenvalue weighted by molar-refractivity contribution is 6.35. The van der Waals surface area contributed by atoms with Crippen LogP contribution in [0.2, 0.25) is 10.0 Å². The number of hydrogen-bond donors (Lipinski definition) is 4. The second-order valence-electron chi connectivity index (χ2n) is 10.4. The number of non-ortho nitro benzene ring substituents is 2. The van der Waals surface area contributed by atoms with Crippen LogP contribution in [0.15, 0.2) is 109 Å². The normalized spacial score (nSPS) is 10.4. The van der Waals surface area contributed by atoms with Crippen LogP contribution >= 0.6 is 23.2 Å². The molecule has 5 aromatic carbocycles. The summed E-state index contributed by atoms with van der Waals surface area (Å²) >= 11 is 12.7. The molecule has 0 saturated carbocycles. The number of nitro benzene ring substituents is 2. The van der Waals surface area contributed by atoms with Gasteiger partial charge < -0.3 is 21.3 Å². The van der Waals surface area contributed by atoms with Crippen molar-refractivity contribution in [3.05, 3.63) is 162 Å². The molecular weight excluding hydrogens is 691 g/mol. The Hall–Kier alpha value is -6.64. The standard InChI is InChI=1S/C34H22Cl2N6O8/c35-27-17-23(37-31(43)19-4-10-25(11-5-19)41(47)48)8-14-29(27)39-33(45)21-2-1-3-22(16-21)34(46)40-30-15-9-24(18-28(30)36)38-32(44)20-6-12-26(13-7-20)42(49)50/h1-18H,(H,37,43)(H,38,44)(H,39,45)(H,40,46). The topological polar surface area (TPSA) is 203 Å². The zero-order valence-electron chi connectivity index (χ0n) is 25.3. The summed E-state index contributed by atoms with van der Waals surface area (Å²) in [6.07, 6.45) is 0. The largest absolute Gasteiger partial charge is 0.322 e. The fourth-order valence-corrected chi connectivity index (χ4v) is 4.91. The van der Waals surface area contributed by atoms with E-state index in [9.17, 15) is 39.4 Å². The van der Waals surface area contributed by atoms with Crippen molar-refractivity contribution >= 4 is 81.0 Å². The number of hydrogen-bond acceptors (Lipinski definition) is 8. The summed E-state index contributed by atoms with van der Waals surface area (Å²) in [6.45, 7) is 0. The summed E-state index contributed by atoms with van der Waals surface area (Å²) in [5.41, 5.74) is 1.44. The minimum Gasteiger partial charge on any atom is -0.322 e. The molecule has 0 saturated heterocycles. The molecule has 0 radical (unpaired) electrons. The minimum atomic E-state index is -0.574. The van der Waals surface area contributed by atoms with E-state index in [2.05, 4.69) is 21.3 Å². The van der Waals surface area contributed by atoms with Crippen molar-refractivity contribution < 1.29 is 29.0 Å². The van der Waals surface area contributed by atoms with Crippen molar-refractivity contribution in [2.75, 3.05) is 21.3 Å². The molecule has 5 rings (SSSR count). The van der Waals surface area contributed by atoms with Gasteiger partial charge in [-0.05, 0) is 78.9 Å². The Balaban J connectivity index is 1.19. The van der Waals surface area contributed by atoms with E-state index in [1.165, 1.54) is 109 Å². The van der Waals surface area contributed by atoms with E-state index >= 15 is 0 Å². The van der Waals surface area contributed by atoms with Crippen molar-refractivity contribution in [1.82, 2.24) is 0 Å². The van der Waals surface area contributed by atoms with E-state index < -0.39 is 33.5 Å². The third-order valence-corrected chi connectivity index (χ3v) is 7.64. The molecule has 0 unspecified atom stereocenters. The summed E-state index contributed by atoms with van der Waals surface area (Å²) in [6, 6.07) is 24.8. The van der Waals surface area contributed by atoms with Gasteiger partial charge in [-0.25, -0.2) is 0 Å². The van der Waals surface area contributed by atoms with E-state index in [1.807, 2.05) is 0 Å². The second kappa shape index (κ2) is 15.1. The number of anilines is 4. The summed E-state index contributed by atoms with van der Waals surface area (Å²) in [4.78, 5) is 71.7. The third-order valence-electron chi connectivity index (χ3n) is 7.02. The molecule has 4 amide bonds. The van der Waals surface area contributed by atoms with E-state index in [1.54, 1.807) is 0 Å². The number of carbonyl (C=O) groups is 4. The second-order valence-corrected chi connectivity index (χ2v) is 11.2. The molecule has 250 valence electrons. The Labute approximate surface area is 292 Å². The van der Waals surface area contributed by atoms with Gasteiger partial charge in [0.25, 0.3) is 35.0 Å². The van der Waals surface area contributed by atoms with Gasteiger partial charge in [0.2, 0.25) is 0 Å². The van der Waals surface area contributed by atoms with Gasteiger partial charge in [-0.2, -0.15) is 0 Å². The predicted molar refractivity (Wildman–Crippen MR) is 187 cm³/mol. The van der Waals surface area contributed by atoms with Crippen molar-refractivity contribution in [1.29, 1.82) is 0 Å². The number of benzene rings is 5. The van der Waals surface area contributed by atoms with Gasteiger partial charge in [0.15, 0.2) is 0 Å². The lowest BCUT2D eigenvalue weighted by Gasteiger charge is -2.12. The molecule has 16 heteroatoms. The first kappa shape index (κ1) is 34.7. The van der Waals surface area contributed by atoms with E-state index in [-0.39, 0.29) is 55.0 Å². The van der Waals surface area contributed by atoms with Crippen molar-refractivity contribution in [2.24, 2.45) is 0 Å². The number of nitrogens with one attached hydrogen (secondary N) is 4. The van der Waals surface area contributed by atoms with Crippen LogP contribution in [0.25, 0.3) is 0 Å². The molecule has 0 fully saturated rings. The Morgan fingerprint density at radius 3 is 1.16 bits per heavy atom. The molecule has 0 aliphatic rings. The van der Waals surface area contributed by atoms with Gasteiger partial charge in [-0.15, -0.1) is 0 Å². The van der Waals surface area contributed by atoms with Crippen LogP contribution in [0.1, 0.15) is 41.4 Å². The summed E-state index contributed by atoms with van der Waals surface area (Å²) in [5, 5.41) is 32.5. The Kier molecular flexibility index (Phi) is 10.4. The quantitative estimate of drug-likeness (QED) is 0.0828. The van der Waals surface area contributed by atoms with Gasteiger partial charge in [0.1, 0.15) is 0 Å². The fraction of sp³-hybridized carbons (Fsp3) is 0. The van der Waals surface area contributed by atoms with Gasteiger partial charge in [-0.3, -0.25) is 39.4 Å². The molecule has 50 heavy (non-hydrogen) atoms. The molecule has 0 atom stereocenters. The first-order valence-electron chi connectivity index (χ1n) is 14.3. The monoisotopic (exact) mass is 712 g/mol. The maximum Gasteiger partial charge on any atom is 0.269 e. The number of carbonyl (C=O) groups excluding carboxylic acids is 4. The highest BCUT2D eigenvalue weighted by Gasteiger charge is 2.16. The molecule has 0 aromatic heterocycles. The highest BCUT2D eigenvalue weighted by atomic mass is 35.5. The third kappa shape index (κ3) is 8.44. The maximum absolute atomic E-state index is 13.0. The summed E-state index contributed by atoms with van der Waals surface area (Å²) < 4.78 is 0. The first-order valence-corrected chi connectivity index (χ1v) is 15.1. The van der Waals surface area contributed by atoms with Gasteiger partial charge in [0.05, 0.1) is 31.3 Å². The Bertz CT molecular complexity index is 2030. The van der Waals surface area contributed by atoms with Crippen LogP contribution in [0, 0.1) is 20.2 Å². The van der Waals surface area contributed by atoms with Crippen molar-refractivity contribution in [3.8, 4) is 0 Å². The lowest BCUT2D eigenvalue weighted by Crippen LogP contribution is -2.16. The van der Waals surface area contributed by atoms with Crippen molar-refractivity contribution in [3.63, 3.8) is 0 Å². The zero-order valence-corrected chi connectivity index (χ0v) is 26.8. The van der Waals surface area contributed by atoms with E-state index in [0.717, 1.165) is 0 Å². The average Bonchev–Trinajstić information content (AvgIpc) is 3.10. The molecule has 5 aromatic rings. The predicted octanol–water partition coefficient (Wildman–Crippen LogP) is 7.82. The van der Waals surface area contributed by atoms with Gasteiger partial charge >= 0.3 is 0 Å². The molecule has 0 bridgehead atoms. The Morgan fingerprint density at radius 2 is 0.820 bits per heavy atom. The maximum atomic E-state index is 13.0.